The molecule has 31 heavy (non-hydrogen) atoms. The van der Waals surface area contributed by atoms with Gasteiger partial charge in [0.25, 0.3) is 0 Å². The fourth-order valence-electron chi connectivity index (χ4n) is 5.81. The van der Waals surface area contributed by atoms with Crippen molar-refractivity contribution in [2.24, 2.45) is 23.7 Å². The fraction of sp³-hybridized carbons (Fsp3) is 0.692. The molecule has 0 bridgehead atoms. The SMILES string of the molecule is CC=CCCC1CCC(C2CCC(CCc3cc(F)c(C(F)(F)Cl)c(F)c3)CC2)CC1. The Labute approximate surface area is 189 Å². The highest BCUT2D eigenvalue weighted by Crippen LogP contribution is 2.43. The van der Waals surface area contributed by atoms with Crippen LogP contribution in [0.5, 0.6) is 0 Å². The lowest BCUT2D eigenvalue weighted by Crippen LogP contribution is -2.26. The van der Waals surface area contributed by atoms with Gasteiger partial charge in [-0.2, -0.15) is 8.78 Å². The molecule has 174 valence electrons. The Hall–Kier alpha value is -1.03. The average molecular weight is 459 g/mol. The fourth-order valence-corrected chi connectivity index (χ4v) is 5.99. The monoisotopic (exact) mass is 458 g/mol. The summed E-state index contributed by atoms with van der Waals surface area (Å²) in [6.07, 6.45) is 18.6. The molecule has 0 nitrogen and oxygen atoms in total. The normalized spacial score (nSPS) is 27.7. The second-order valence-electron chi connectivity index (χ2n) is 9.68. The van der Waals surface area contributed by atoms with Gasteiger partial charge >= 0.3 is 5.38 Å². The Balaban J connectivity index is 1.41. The van der Waals surface area contributed by atoms with Crippen LogP contribution in [0.25, 0.3) is 0 Å². The minimum atomic E-state index is -4.03. The third kappa shape index (κ3) is 6.97. The summed E-state index contributed by atoms with van der Waals surface area (Å²) in [5.41, 5.74) is -0.923. The van der Waals surface area contributed by atoms with E-state index < -0.39 is 22.6 Å². The first-order chi connectivity index (χ1) is 14.8. The molecule has 0 amide bonds. The van der Waals surface area contributed by atoms with Crippen molar-refractivity contribution in [3.63, 3.8) is 0 Å². The first-order valence-corrected chi connectivity index (χ1v) is 12.3. The highest BCUT2D eigenvalue weighted by Gasteiger charge is 2.35. The minimum Gasteiger partial charge on any atom is -0.206 e. The summed E-state index contributed by atoms with van der Waals surface area (Å²) in [5.74, 6) is 0.614. The zero-order valence-electron chi connectivity index (χ0n) is 18.5. The smallest absolute Gasteiger partial charge is 0.206 e. The number of aryl methyl sites for hydroxylation is 1. The molecule has 5 heteroatoms. The van der Waals surface area contributed by atoms with Crippen LogP contribution in [0.2, 0.25) is 0 Å². The van der Waals surface area contributed by atoms with Gasteiger partial charge in [0.05, 0.1) is 0 Å². The van der Waals surface area contributed by atoms with Gasteiger partial charge in [-0.25, -0.2) is 8.78 Å². The van der Waals surface area contributed by atoms with Crippen LogP contribution in [-0.2, 0) is 11.8 Å². The number of hydrogen-bond acceptors (Lipinski definition) is 0. The third-order valence-corrected chi connectivity index (χ3v) is 7.84. The molecule has 2 fully saturated rings. The second-order valence-corrected chi connectivity index (χ2v) is 10.2. The maximum atomic E-state index is 13.9. The summed E-state index contributed by atoms with van der Waals surface area (Å²) >= 11 is 4.82. The summed E-state index contributed by atoms with van der Waals surface area (Å²) in [7, 11) is 0. The zero-order chi connectivity index (χ0) is 22.4. The van der Waals surface area contributed by atoms with Gasteiger partial charge in [0, 0.05) is 0 Å². The summed E-state index contributed by atoms with van der Waals surface area (Å²) < 4.78 is 54.2. The second kappa shape index (κ2) is 11.2. The predicted molar refractivity (Wildman–Crippen MR) is 119 cm³/mol. The van der Waals surface area contributed by atoms with E-state index in [9.17, 15) is 17.6 Å². The van der Waals surface area contributed by atoms with Gasteiger partial charge in [0.15, 0.2) is 0 Å². The number of halogens is 5. The van der Waals surface area contributed by atoms with Crippen molar-refractivity contribution in [1.29, 1.82) is 0 Å². The van der Waals surface area contributed by atoms with Crippen molar-refractivity contribution in [2.75, 3.05) is 0 Å². The molecule has 0 unspecified atom stereocenters. The molecule has 0 atom stereocenters. The van der Waals surface area contributed by atoms with Crippen molar-refractivity contribution in [3.05, 3.63) is 47.0 Å². The number of benzene rings is 1. The average Bonchev–Trinajstić information content (AvgIpc) is 2.72. The van der Waals surface area contributed by atoms with E-state index in [0.717, 1.165) is 49.1 Å². The van der Waals surface area contributed by atoms with Gasteiger partial charge < -0.3 is 0 Å². The minimum absolute atomic E-state index is 0.429. The summed E-state index contributed by atoms with van der Waals surface area (Å²) in [5, 5.41) is -4.03. The van der Waals surface area contributed by atoms with Crippen LogP contribution in [0.1, 0.15) is 88.7 Å². The first-order valence-electron chi connectivity index (χ1n) is 11.9. The quantitative estimate of drug-likeness (QED) is 0.207. The van der Waals surface area contributed by atoms with Crippen molar-refractivity contribution in [3.8, 4) is 0 Å². The van der Waals surface area contributed by atoms with Crippen LogP contribution < -0.4 is 0 Å². The predicted octanol–water partition coefficient (Wildman–Crippen LogP) is 9.15. The lowest BCUT2D eigenvalue weighted by molar-refractivity contribution is 0.0858. The maximum absolute atomic E-state index is 13.9. The first kappa shape index (κ1) is 24.6. The molecule has 1 aromatic rings. The van der Waals surface area contributed by atoms with E-state index in [-0.39, 0.29) is 0 Å². The van der Waals surface area contributed by atoms with Crippen LogP contribution in [0.4, 0.5) is 17.6 Å². The largest absolute Gasteiger partial charge is 0.353 e. The van der Waals surface area contributed by atoms with Gasteiger partial charge in [0.1, 0.15) is 17.2 Å². The van der Waals surface area contributed by atoms with Crippen molar-refractivity contribution < 1.29 is 17.6 Å². The van der Waals surface area contributed by atoms with Crippen LogP contribution >= 0.6 is 11.6 Å². The number of alkyl halides is 3. The Morgan fingerprint density at radius 1 is 0.871 bits per heavy atom. The lowest BCUT2D eigenvalue weighted by atomic mass is 9.68. The molecule has 2 aliphatic carbocycles. The van der Waals surface area contributed by atoms with E-state index in [1.807, 2.05) is 0 Å². The summed E-state index contributed by atoms with van der Waals surface area (Å²) in [6, 6.07) is 2.02. The summed E-state index contributed by atoms with van der Waals surface area (Å²) in [4.78, 5) is 0. The Morgan fingerprint density at radius 2 is 1.35 bits per heavy atom. The third-order valence-electron chi connectivity index (χ3n) is 7.65. The molecule has 0 N–H and O–H groups in total. The maximum Gasteiger partial charge on any atom is 0.353 e. The number of hydrogen-bond donors (Lipinski definition) is 0. The number of allylic oxidation sites excluding steroid dienone is 2. The number of rotatable bonds is 8. The van der Waals surface area contributed by atoms with E-state index in [1.54, 1.807) is 0 Å². The summed E-state index contributed by atoms with van der Waals surface area (Å²) in [6.45, 7) is 2.09. The molecule has 0 heterocycles. The van der Waals surface area contributed by atoms with E-state index >= 15 is 0 Å². The van der Waals surface area contributed by atoms with Crippen molar-refractivity contribution in [2.45, 2.75) is 89.4 Å². The van der Waals surface area contributed by atoms with Crippen LogP contribution in [0, 0.1) is 35.3 Å². The van der Waals surface area contributed by atoms with E-state index in [0.29, 0.717) is 17.9 Å². The van der Waals surface area contributed by atoms with Crippen LogP contribution in [0.3, 0.4) is 0 Å². The van der Waals surface area contributed by atoms with Crippen molar-refractivity contribution in [1.82, 2.24) is 0 Å². The van der Waals surface area contributed by atoms with Gasteiger partial charge in [-0.1, -0.05) is 37.8 Å². The van der Waals surface area contributed by atoms with E-state index in [1.165, 1.54) is 51.4 Å². The highest BCUT2D eigenvalue weighted by atomic mass is 35.5. The molecular weight excluding hydrogens is 424 g/mol. The molecule has 3 rings (SSSR count). The van der Waals surface area contributed by atoms with E-state index in [4.69, 9.17) is 11.6 Å². The molecule has 1 aromatic carbocycles. The van der Waals surface area contributed by atoms with Gasteiger partial charge in [-0.3, -0.25) is 0 Å². The van der Waals surface area contributed by atoms with Crippen LogP contribution in [-0.4, -0.2) is 0 Å². The zero-order valence-corrected chi connectivity index (χ0v) is 19.2. The lowest BCUT2D eigenvalue weighted by Gasteiger charge is -2.38. The van der Waals surface area contributed by atoms with Gasteiger partial charge in [-0.05, 0) is 111 Å². The van der Waals surface area contributed by atoms with Gasteiger partial charge in [-0.15, -0.1) is 0 Å². The molecule has 0 aliphatic heterocycles. The highest BCUT2D eigenvalue weighted by molar-refractivity contribution is 6.21. The standard InChI is InChI=1S/C26H35ClF4/c1-2-3-4-5-18-8-12-21(13-9-18)22-14-10-19(11-15-22)6-7-20-16-23(28)25(24(29)17-20)26(27,30)31/h2-3,16-19,21-22H,4-15H2,1H3. The molecule has 0 saturated heterocycles. The van der Waals surface area contributed by atoms with Gasteiger partial charge in [0.2, 0.25) is 0 Å². The molecular formula is C26H35ClF4. The Morgan fingerprint density at radius 3 is 1.81 bits per heavy atom. The van der Waals surface area contributed by atoms with Crippen LogP contribution in [0.15, 0.2) is 24.3 Å². The Bertz CT molecular complexity index is 700. The Kier molecular flexibility index (Phi) is 8.90. The van der Waals surface area contributed by atoms with E-state index in [2.05, 4.69) is 19.1 Å². The topological polar surface area (TPSA) is 0 Å². The molecule has 0 radical (unpaired) electrons. The molecule has 2 aliphatic rings. The molecule has 0 spiro atoms. The molecule has 2 saturated carbocycles. The molecule has 0 aromatic heterocycles. The van der Waals surface area contributed by atoms with Crippen molar-refractivity contribution >= 4 is 11.6 Å².